The molecule has 0 aliphatic rings. The quantitative estimate of drug-likeness (QED) is 0.583. The van der Waals surface area contributed by atoms with E-state index in [4.69, 9.17) is 4.74 Å². The number of benzene rings is 2. The van der Waals surface area contributed by atoms with E-state index in [1.807, 2.05) is 66.1 Å². The van der Waals surface area contributed by atoms with Crippen molar-refractivity contribution in [3.8, 4) is 17.1 Å². The number of aromatic nitrogens is 3. The Labute approximate surface area is 163 Å². The Hall–Kier alpha value is -2.80. The van der Waals surface area contributed by atoms with Gasteiger partial charge in [-0.15, -0.1) is 10.2 Å². The van der Waals surface area contributed by atoms with Gasteiger partial charge in [-0.05, 0) is 31.2 Å². The predicted octanol–water partition coefficient (Wildman–Crippen LogP) is 3.73. The lowest BCUT2D eigenvalue weighted by molar-refractivity contribution is -0.115. The second-order valence-electron chi connectivity index (χ2n) is 5.83. The molecular formula is C20H22N4O2S. The van der Waals surface area contributed by atoms with Crippen molar-refractivity contribution in [1.82, 2.24) is 14.8 Å². The summed E-state index contributed by atoms with van der Waals surface area (Å²) in [7, 11) is 3.42. The fraction of sp³-hybridized carbons (Fsp3) is 0.250. The Balaban J connectivity index is 1.77. The first-order valence-corrected chi connectivity index (χ1v) is 9.65. The van der Waals surface area contributed by atoms with Crippen molar-refractivity contribution in [2.45, 2.75) is 18.6 Å². The number of rotatable bonds is 7. The van der Waals surface area contributed by atoms with Crippen LogP contribution in [-0.4, -0.2) is 40.6 Å². The van der Waals surface area contributed by atoms with E-state index < -0.39 is 0 Å². The van der Waals surface area contributed by atoms with Gasteiger partial charge in [0, 0.05) is 19.3 Å². The van der Waals surface area contributed by atoms with Gasteiger partial charge in [-0.2, -0.15) is 0 Å². The Bertz CT molecular complexity index is 911. The summed E-state index contributed by atoms with van der Waals surface area (Å²) in [6.45, 7) is 2.73. The molecule has 7 heteroatoms. The Morgan fingerprint density at radius 3 is 2.52 bits per heavy atom. The highest BCUT2D eigenvalue weighted by Crippen LogP contribution is 2.30. The summed E-state index contributed by atoms with van der Waals surface area (Å²) in [5.41, 5.74) is 1.75. The largest absolute Gasteiger partial charge is 0.496 e. The molecule has 1 heterocycles. The third-order valence-corrected chi connectivity index (χ3v) is 5.17. The lowest BCUT2D eigenvalue weighted by Gasteiger charge is -2.17. The van der Waals surface area contributed by atoms with Crippen molar-refractivity contribution in [1.29, 1.82) is 0 Å². The van der Waals surface area contributed by atoms with Gasteiger partial charge in [-0.25, -0.2) is 0 Å². The molecule has 2 aromatic carbocycles. The minimum atomic E-state index is 0.00990. The van der Waals surface area contributed by atoms with E-state index in [-0.39, 0.29) is 11.7 Å². The maximum atomic E-state index is 12.5. The third kappa shape index (κ3) is 4.14. The Morgan fingerprint density at radius 2 is 1.81 bits per heavy atom. The number of anilines is 1. The molecule has 3 rings (SSSR count). The standard InChI is InChI=1S/C20H22N4O2S/c1-4-24-19(16-12-8-9-13-17(16)26-3)21-22-20(24)27-14-18(25)23(2)15-10-6-5-7-11-15/h5-13H,4,14H2,1-3H3. The Kier molecular flexibility index (Phi) is 6.13. The average Bonchev–Trinajstić information content (AvgIpc) is 3.14. The molecule has 1 amide bonds. The number of thioether (sulfide) groups is 1. The van der Waals surface area contributed by atoms with Gasteiger partial charge in [0.1, 0.15) is 5.75 Å². The van der Waals surface area contributed by atoms with Gasteiger partial charge >= 0.3 is 0 Å². The van der Waals surface area contributed by atoms with Crippen molar-refractivity contribution in [2.24, 2.45) is 0 Å². The van der Waals surface area contributed by atoms with Crippen LogP contribution in [0, 0.1) is 0 Å². The van der Waals surface area contributed by atoms with E-state index in [1.54, 1.807) is 19.1 Å². The number of para-hydroxylation sites is 2. The number of carbonyl (C=O) groups excluding carboxylic acids is 1. The van der Waals surface area contributed by atoms with Crippen molar-refractivity contribution in [3.63, 3.8) is 0 Å². The monoisotopic (exact) mass is 382 g/mol. The minimum absolute atomic E-state index is 0.00990. The van der Waals surface area contributed by atoms with Crippen LogP contribution in [0.25, 0.3) is 11.4 Å². The zero-order valence-corrected chi connectivity index (χ0v) is 16.4. The molecule has 0 N–H and O–H groups in total. The van der Waals surface area contributed by atoms with Crippen molar-refractivity contribution >= 4 is 23.4 Å². The first kappa shape index (κ1) is 19.0. The van der Waals surface area contributed by atoms with Gasteiger partial charge in [0.2, 0.25) is 5.91 Å². The number of carbonyl (C=O) groups is 1. The van der Waals surface area contributed by atoms with E-state index in [1.165, 1.54) is 11.8 Å². The highest BCUT2D eigenvalue weighted by Gasteiger charge is 2.18. The molecule has 0 atom stereocenters. The first-order valence-electron chi connectivity index (χ1n) is 8.66. The fourth-order valence-electron chi connectivity index (χ4n) is 2.73. The molecule has 0 saturated heterocycles. The van der Waals surface area contributed by atoms with E-state index in [9.17, 15) is 4.79 Å². The summed E-state index contributed by atoms with van der Waals surface area (Å²) in [5, 5.41) is 9.34. The Morgan fingerprint density at radius 1 is 1.11 bits per heavy atom. The molecule has 0 unspecified atom stereocenters. The lowest BCUT2D eigenvalue weighted by Crippen LogP contribution is -2.27. The molecular weight excluding hydrogens is 360 g/mol. The minimum Gasteiger partial charge on any atom is -0.496 e. The van der Waals surface area contributed by atoms with Crippen LogP contribution in [0.3, 0.4) is 0 Å². The number of ether oxygens (including phenoxy) is 1. The summed E-state index contributed by atoms with van der Waals surface area (Å²) < 4.78 is 7.44. The summed E-state index contributed by atoms with van der Waals surface area (Å²) in [6.07, 6.45) is 0. The molecule has 0 saturated carbocycles. The SMILES string of the molecule is CCn1c(SCC(=O)N(C)c2ccccc2)nnc1-c1ccccc1OC. The molecule has 0 fully saturated rings. The van der Waals surface area contributed by atoms with Crippen LogP contribution in [0.4, 0.5) is 5.69 Å². The normalized spacial score (nSPS) is 10.6. The molecule has 1 aromatic heterocycles. The van der Waals surface area contributed by atoms with Crippen LogP contribution < -0.4 is 9.64 Å². The van der Waals surface area contributed by atoms with Gasteiger partial charge in [0.25, 0.3) is 0 Å². The van der Waals surface area contributed by atoms with E-state index >= 15 is 0 Å². The molecule has 6 nitrogen and oxygen atoms in total. The summed E-state index contributed by atoms with van der Waals surface area (Å²) in [5.74, 6) is 1.78. The molecule has 0 radical (unpaired) electrons. The molecule has 3 aromatic rings. The molecule has 0 bridgehead atoms. The average molecular weight is 382 g/mol. The van der Waals surface area contributed by atoms with Gasteiger partial charge in [0.15, 0.2) is 11.0 Å². The second-order valence-corrected chi connectivity index (χ2v) is 6.77. The van der Waals surface area contributed by atoms with Crippen LogP contribution in [0.5, 0.6) is 5.75 Å². The summed E-state index contributed by atoms with van der Waals surface area (Å²) >= 11 is 1.39. The van der Waals surface area contributed by atoms with Gasteiger partial charge in [-0.1, -0.05) is 42.1 Å². The number of hydrogen-bond acceptors (Lipinski definition) is 5. The highest BCUT2D eigenvalue weighted by atomic mass is 32.2. The van der Waals surface area contributed by atoms with Crippen LogP contribution in [0.2, 0.25) is 0 Å². The van der Waals surface area contributed by atoms with Crippen molar-refractivity contribution in [2.75, 3.05) is 24.8 Å². The second kappa shape index (κ2) is 8.73. The van der Waals surface area contributed by atoms with Gasteiger partial charge in [-0.3, -0.25) is 4.79 Å². The van der Waals surface area contributed by atoms with Crippen LogP contribution in [0.1, 0.15) is 6.92 Å². The molecule has 0 spiro atoms. The van der Waals surface area contributed by atoms with Crippen molar-refractivity contribution < 1.29 is 9.53 Å². The van der Waals surface area contributed by atoms with E-state index in [0.29, 0.717) is 11.7 Å². The predicted molar refractivity (Wildman–Crippen MR) is 108 cm³/mol. The molecule has 0 aliphatic heterocycles. The fourth-order valence-corrected chi connectivity index (χ4v) is 3.64. The van der Waals surface area contributed by atoms with E-state index in [0.717, 1.165) is 22.8 Å². The van der Waals surface area contributed by atoms with Crippen LogP contribution >= 0.6 is 11.8 Å². The smallest absolute Gasteiger partial charge is 0.237 e. The third-order valence-electron chi connectivity index (χ3n) is 4.22. The van der Waals surface area contributed by atoms with Crippen molar-refractivity contribution in [3.05, 3.63) is 54.6 Å². The molecule has 0 aliphatic carbocycles. The number of methoxy groups -OCH3 is 1. The van der Waals surface area contributed by atoms with Gasteiger partial charge < -0.3 is 14.2 Å². The maximum Gasteiger partial charge on any atom is 0.237 e. The number of hydrogen-bond donors (Lipinski definition) is 0. The van der Waals surface area contributed by atoms with Crippen LogP contribution in [-0.2, 0) is 11.3 Å². The zero-order chi connectivity index (χ0) is 19.2. The number of amides is 1. The molecule has 27 heavy (non-hydrogen) atoms. The lowest BCUT2D eigenvalue weighted by atomic mass is 10.2. The summed E-state index contributed by atoms with van der Waals surface area (Å²) in [4.78, 5) is 14.2. The first-order chi connectivity index (χ1) is 13.2. The van der Waals surface area contributed by atoms with E-state index in [2.05, 4.69) is 10.2 Å². The zero-order valence-electron chi connectivity index (χ0n) is 15.6. The maximum absolute atomic E-state index is 12.5. The summed E-state index contributed by atoms with van der Waals surface area (Å²) in [6, 6.07) is 17.3. The highest BCUT2D eigenvalue weighted by molar-refractivity contribution is 7.99. The van der Waals surface area contributed by atoms with Gasteiger partial charge in [0.05, 0.1) is 18.4 Å². The topological polar surface area (TPSA) is 60.2 Å². The molecule has 140 valence electrons. The van der Waals surface area contributed by atoms with Crippen LogP contribution in [0.15, 0.2) is 59.8 Å². The number of nitrogens with zero attached hydrogens (tertiary/aromatic N) is 4.